The molecule has 0 aliphatic rings. The van der Waals surface area contributed by atoms with Crippen LogP contribution in [0.3, 0.4) is 0 Å². The van der Waals surface area contributed by atoms with E-state index in [9.17, 15) is 9.90 Å². The van der Waals surface area contributed by atoms with Gasteiger partial charge >= 0.3 is 0 Å². The number of hydrogen-bond donors (Lipinski definition) is 2. The number of rotatable bonds is 8. The van der Waals surface area contributed by atoms with Crippen molar-refractivity contribution in [3.63, 3.8) is 0 Å². The first-order valence-electron chi connectivity index (χ1n) is 7.86. The van der Waals surface area contributed by atoms with E-state index in [0.29, 0.717) is 6.61 Å². The molecule has 0 radical (unpaired) electrons. The minimum absolute atomic E-state index is 0.0426. The predicted octanol–water partition coefficient (Wildman–Crippen LogP) is 3.38. The molecule has 0 spiro atoms. The van der Waals surface area contributed by atoms with Crippen LogP contribution in [-0.4, -0.2) is 24.2 Å². The summed E-state index contributed by atoms with van der Waals surface area (Å²) in [7, 11) is 0. The first-order valence-corrected chi connectivity index (χ1v) is 9.68. The van der Waals surface area contributed by atoms with Crippen molar-refractivity contribution >= 4 is 28.6 Å². The summed E-state index contributed by atoms with van der Waals surface area (Å²) in [5, 5.41) is 19.7. The molecule has 0 saturated carbocycles. The summed E-state index contributed by atoms with van der Waals surface area (Å²) in [6.07, 6.45) is 0. The number of carbonyl (C=O) groups is 1. The van der Waals surface area contributed by atoms with Gasteiger partial charge in [0.1, 0.15) is 12.2 Å². The van der Waals surface area contributed by atoms with Gasteiger partial charge in [0.25, 0.3) is 0 Å². The molecule has 2 N–H and O–H groups in total. The van der Waals surface area contributed by atoms with Crippen molar-refractivity contribution in [3.05, 3.63) is 80.7 Å². The van der Waals surface area contributed by atoms with Crippen LogP contribution in [0.5, 0.6) is 0 Å². The second kappa shape index (κ2) is 8.40. The molecule has 0 aliphatic carbocycles. The minimum Gasteiger partial charge on any atom is -0.378 e. The molecule has 4 nitrogen and oxygen atoms in total. The van der Waals surface area contributed by atoms with Crippen LogP contribution in [0.2, 0.25) is 0 Å². The molecule has 0 saturated heterocycles. The van der Waals surface area contributed by atoms with Crippen LogP contribution >= 0.6 is 22.7 Å². The highest BCUT2D eigenvalue weighted by molar-refractivity contribution is 7.10. The Morgan fingerprint density at radius 2 is 1.96 bits per heavy atom. The standard InChI is InChI=1S/C19H19NO3S2/c21-18(12-23-11-15-5-2-1-3-6-15)20-14-19(22,16-8-10-24-13-16)17-7-4-9-25-17/h1-10,13,22H,11-12,14H2,(H,20,21). The van der Waals surface area contributed by atoms with Gasteiger partial charge in [0.15, 0.2) is 0 Å². The van der Waals surface area contributed by atoms with Crippen LogP contribution in [0, 0.1) is 0 Å². The normalized spacial score (nSPS) is 13.3. The van der Waals surface area contributed by atoms with Gasteiger partial charge in [0.2, 0.25) is 5.91 Å². The summed E-state index contributed by atoms with van der Waals surface area (Å²) in [5.74, 6) is -0.249. The molecule has 2 aromatic heterocycles. The lowest BCUT2D eigenvalue weighted by atomic mass is 9.94. The van der Waals surface area contributed by atoms with Gasteiger partial charge in [-0.2, -0.15) is 11.3 Å². The van der Waals surface area contributed by atoms with Gasteiger partial charge in [0, 0.05) is 10.4 Å². The van der Waals surface area contributed by atoms with E-state index >= 15 is 0 Å². The van der Waals surface area contributed by atoms with Crippen molar-refractivity contribution in [2.75, 3.05) is 13.2 Å². The summed E-state index contributed by atoms with van der Waals surface area (Å²) in [6, 6.07) is 15.3. The van der Waals surface area contributed by atoms with E-state index in [1.165, 1.54) is 22.7 Å². The zero-order chi connectivity index (χ0) is 17.5. The topological polar surface area (TPSA) is 58.6 Å². The fourth-order valence-electron chi connectivity index (χ4n) is 2.46. The Morgan fingerprint density at radius 3 is 2.64 bits per heavy atom. The zero-order valence-electron chi connectivity index (χ0n) is 13.6. The number of hydrogen-bond acceptors (Lipinski definition) is 5. The van der Waals surface area contributed by atoms with Crippen LogP contribution in [-0.2, 0) is 21.7 Å². The van der Waals surface area contributed by atoms with E-state index in [-0.39, 0.29) is 19.1 Å². The highest BCUT2D eigenvalue weighted by Crippen LogP contribution is 2.33. The second-order valence-corrected chi connectivity index (χ2v) is 7.33. The molecule has 1 amide bonds. The Hall–Kier alpha value is -1.99. The maximum Gasteiger partial charge on any atom is 0.246 e. The van der Waals surface area contributed by atoms with Gasteiger partial charge in [-0.3, -0.25) is 4.79 Å². The van der Waals surface area contributed by atoms with Gasteiger partial charge in [-0.15, -0.1) is 11.3 Å². The van der Waals surface area contributed by atoms with Gasteiger partial charge in [-0.05, 0) is 33.8 Å². The lowest BCUT2D eigenvalue weighted by molar-refractivity contribution is -0.127. The Labute approximate surface area is 154 Å². The Kier molecular flexibility index (Phi) is 5.99. The van der Waals surface area contributed by atoms with E-state index in [1.54, 1.807) is 0 Å². The quantitative estimate of drug-likeness (QED) is 0.636. The molecule has 2 heterocycles. The fourth-order valence-corrected chi connectivity index (χ4v) is 4.03. The van der Waals surface area contributed by atoms with E-state index < -0.39 is 5.60 Å². The average molecular weight is 373 g/mol. The van der Waals surface area contributed by atoms with Gasteiger partial charge in [-0.1, -0.05) is 36.4 Å². The van der Waals surface area contributed by atoms with Crippen molar-refractivity contribution in [1.82, 2.24) is 5.32 Å². The molecule has 0 aliphatic heterocycles. The SMILES string of the molecule is O=C(COCc1ccccc1)NCC(O)(c1ccsc1)c1cccs1. The third-order valence-corrected chi connectivity index (χ3v) is 5.52. The number of thiophene rings is 2. The van der Waals surface area contributed by atoms with E-state index in [2.05, 4.69) is 5.32 Å². The van der Waals surface area contributed by atoms with Crippen molar-refractivity contribution in [1.29, 1.82) is 0 Å². The monoisotopic (exact) mass is 373 g/mol. The summed E-state index contributed by atoms with van der Waals surface area (Å²) in [6.45, 7) is 0.449. The molecule has 1 atom stereocenters. The van der Waals surface area contributed by atoms with E-state index in [0.717, 1.165) is 16.0 Å². The van der Waals surface area contributed by atoms with Crippen LogP contribution in [0.1, 0.15) is 16.0 Å². The molecule has 130 valence electrons. The number of amides is 1. The van der Waals surface area contributed by atoms with Crippen LogP contribution in [0.25, 0.3) is 0 Å². The summed E-state index contributed by atoms with van der Waals surface area (Å²) in [5.41, 5.74) is 0.581. The summed E-state index contributed by atoms with van der Waals surface area (Å²) >= 11 is 2.98. The first-order chi connectivity index (χ1) is 12.2. The number of nitrogens with one attached hydrogen (secondary N) is 1. The Balaban J connectivity index is 1.55. The fraction of sp³-hybridized carbons (Fsp3) is 0.211. The third kappa shape index (κ3) is 4.55. The number of aliphatic hydroxyl groups is 1. The highest BCUT2D eigenvalue weighted by atomic mass is 32.1. The summed E-state index contributed by atoms with van der Waals surface area (Å²) in [4.78, 5) is 12.9. The first kappa shape index (κ1) is 17.8. The third-order valence-electron chi connectivity index (χ3n) is 3.81. The van der Waals surface area contributed by atoms with Crippen molar-refractivity contribution in [2.45, 2.75) is 12.2 Å². The van der Waals surface area contributed by atoms with Crippen molar-refractivity contribution in [2.24, 2.45) is 0 Å². The van der Waals surface area contributed by atoms with Crippen molar-refractivity contribution in [3.8, 4) is 0 Å². The van der Waals surface area contributed by atoms with E-state index in [4.69, 9.17) is 4.74 Å². The molecule has 25 heavy (non-hydrogen) atoms. The largest absolute Gasteiger partial charge is 0.378 e. The molecular weight excluding hydrogens is 354 g/mol. The molecule has 1 aromatic carbocycles. The lowest BCUT2D eigenvalue weighted by Crippen LogP contribution is -2.42. The highest BCUT2D eigenvalue weighted by Gasteiger charge is 2.33. The Morgan fingerprint density at radius 1 is 1.12 bits per heavy atom. The number of benzene rings is 1. The van der Waals surface area contributed by atoms with E-state index in [1.807, 2.05) is 64.7 Å². The van der Waals surface area contributed by atoms with Gasteiger partial charge in [0.05, 0.1) is 13.2 Å². The van der Waals surface area contributed by atoms with Gasteiger partial charge < -0.3 is 15.2 Å². The molecular formula is C19H19NO3S2. The van der Waals surface area contributed by atoms with Gasteiger partial charge in [-0.25, -0.2) is 0 Å². The molecule has 3 aromatic rings. The second-order valence-electron chi connectivity index (χ2n) is 5.60. The predicted molar refractivity (Wildman–Crippen MR) is 101 cm³/mol. The smallest absolute Gasteiger partial charge is 0.246 e. The average Bonchev–Trinajstić information content (AvgIpc) is 3.34. The van der Waals surface area contributed by atoms with Crippen LogP contribution in [0.4, 0.5) is 0 Å². The minimum atomic E-state index is -1.22. The summed E-state index contributed by atoms with van der Waals surface area (Å²) < 4.78 is 5.44. The van der Waals surface area contributed by atoms with Crippen LogP contribution < -0.4 is 5.32 Å². The number of ether oxygens (including phenoxy) is 1. The number of carbonyl (C=O) groups excluding carboxylic acids is 1. The molecule has 1 unspecified atom stereocenters. The Bertz CT molecular complexity index is 736. The lowest BCUT2D eigenvalue weighted by Gasteiger charge is -2.27. The maximum absolute atomic E-state index is 12.1. The van der Waals surface area contributed by atoms with Crippen molar-refractivity contribution < 1.29 is 14.6 Å². The molecule has 0 bridgehead atoms. The molecule has 0 fully saturated rings. The van der Waals surface area contributed by atoms with Crippen LogP contribution in [0.15, 0.2) is 64.7 Å². The molecule has 3 rings (SSSR count). The molecule has 6 heteroatoms. The zero-order valence-corrected chi connectivity index (χ0v) is 15.2. The maximum atomic E-state index is 12.1.